The molecule has 3 nitrogen and oxygen atoms in total. The van der Waals surface area contributed by atoms with Crippen molar-refractivity contribution < 1.29 is 0 Å². The van der Waals surface area contributed by atoms with Crippen LogP contribution in [0.2, 0.25) is 0 Å². The Labute approximate surface area is 110 Å². The van der Waals surface area contributed by atoms with Gasteiger partial charge in [-0.25, -0.2) is 0 Å². The fourth-order valence-corrected chi connectivity index (χ4v) is 3.03. The Hall–Kier alpha value is -1.06. The number of nitrogens with one attached hydrogen (secondary N) is 1. The van der Waals surface area contributed by atoms with Crippen molar-refractivity contribution in [2.45, 2.75) is 19.9 Å². The lowest BCUT2D eigenvalue weighted by Crippen LogP contribution is -2.61. The standard InChI is InChI=1S/C15H23N3/c1-12-3-4-14(9-13(12)2)18-8-7-17-6-5-16-10-15(17)11-18/h3-4,9,15-16H,5-8,10-11H2,1-2H3. The molecule has 0 saturated carbocycles. The normalized spacial score (nSPS) is 25.0. The van der Waals surface area contributed by atoms with Crippen LogP contribution in [0.4, 0.5) is 5.69 Å². The van der Waals surface area contributed by atoms with Gasteiger partial charge in [-0.15, -0.1) is 0 Å². The van der Waals surface area contributed by atoms with Crippen LogP contribution < -0.4 is 10.2 Å². The SMILES string of the molecule is Cc1ccc(N2CCN3CCNCC3C2)cc1C. The van der Waals surface area contributed by atoms with Gasteiger partial charge in [0.15, 0.2) is 0 Å². The van der Waals surface area contributed by atoms with Crippen LogP contribution in [0.1, 0.15) is 11.1 Å². The molecule has 2 aliphatic heterocycles. The van der Waals surface area contributed by atoms with Crippen LogP contribution in [0, 0.1) is 13.8 Å². The maximum absolute atomic E-state index is 3.51. The summed E-state index contributed by atoms with van der Waals surface area (Å²) in [4.78, 5) is 5.18. The number of hydrogen-bond donors (Lipinski definition) is 1. The van der Waals surface area contributed by atoms with Gasteiger partial charge in [0.1, 0.15) is 0 Å². The highest BCUT2D eigenvalue weighted by molar-refractivity contribution is 5.51. The highest BCUT2D eigenvalue weighted by Gasteiger charge is 2.28. The summed E-state index contributed by atoms with van der Waals surface area (Å²) in [6.45, 7) is 11.4. The molecule has 2 fully saturated rings. The van der Waals surface area contributed by atoms with E-state index < -0.39 is 0 Å². The van der Waals surface area contributed by atoms with Crippen molar-refractivity contribution in [3.8, 4) is 0 Å². The topological polar surface area (TPSA) is 18.5 Å². The number of hydrogen-bond acceptors (Lipinski definition) is 3. The van der Waals surface area contributed by atoms with Gasteiger partial charge in [-0.05, 0) is 37.1 Å². The number of benzene rings is 1. The van der Waals surface area contributed by atoms with Gasteiger partial charge in [-0.3, -0.25) is 4.90 Å². The molecule has 98 valence electrons. The van der Waals surface area contributed by atoms with Crippen molar-refractivity contribution in [2.24, 2.45) is 0 Å². The molecule has 0 aliphatic carbocycles. The van der Waals surface area contributed by atoms with E-state index in [2.05, 4.69) is 47.2 Å². The summed E-state index contributed by atoms with van der Waals surface area (Å²) in [6, 6.07) is 7.54. The molecule has 18 heavy (non-hydrogen) atoms. The zero-order chi connectivity index (χ0) is 12.5. The second kappa shape index (κ2) is 4.90. The molecule has 3 rings (SSSR count). The maximum atomic E-state index is 3.51. The molecule has 0 bridgehead atoms. The quantitative estimate of drug-likeness (QED) is 0.807. The number of aryl methyl sites for hydroxylation is 2. The van der Waals surface area contributed by atoms with Gasteiger partial charge in [0.25, 0.3) is 0 Å². The molecule has 2 saturated heterocycles. The van der Waals surface area contributed by atoms with Crippen LogP contribution in [0.15, 0.2) is 18.2 Å². The lowest BCUT2D eigenvalue weighted by Gasteiger charge is -2.45. The third-order valence-corrected chi connectivity index (χ3v) is 4.42. The van der Waals surface area contributed by atoms with Crippen LogP contribution in [0.3, 0.4) is 0 Å². The molecule has 1 N–H and O–H groups in total. The van der Waals surface area contributed by atoms with Gasteiger partial charge >= 0.3 is 0 Å². The van der Waals surface area contributed by atoms with Crippen LogP contribution >= 0.6 is 0 Å². The summed E-state index contributed by atoms with van der Waals surface area (Å²) in [6.07, 6.45) is 0. The summed E-state index contributed by atoms with van der Waals surface area (Å²) in [5.41, 5.74) is 4.18. The van der Waals surface area contributed by atoms with Gasteiger partial charge in [0, 0.05) is 51.0 Å². The zero-order valence-electron chi connectivity index (χ0n) is 11.4. The number of nitrogens with zero attached hydrogens (tertiary/aromatic N) is 2. The predicted octanol–water partition coefficient (Wildman–Crippen LogP) is 1.40. The van der Waals surface area contributed by atoms with E-state index in [1.807, 2.05) is 0 Å². The van der Waals surface area contributed by atoms with Gasteiger partial charge in [-0.1, -0.05) is 6.07 Å². The Morgan fingerprint density at radius 3 is 2.83 bits per heavy atom. The van der Waals surface area contributed by atoms with Crippen LogP contribution in [0.25, 0.3) is 0 Å². The molecule has 1 atom stereocenters. The van der Waals surface area contributed by atoms with Crippen LogP contribution in [0.5, 0.6) is 0 Å². The molecule has 1 aromatic carbocycles. The predicted molar refractivity (Wildman–Crippen MR) is 76.4 cm³/mol. The van der Waals surface area contributed by atoms with E-state index >= 15 is 0 Å². The molecular weight excluding hydrogens is 222 g/mol. The van der Waals surface area contributed by atoms with Gasteiger partial charge in [0.05, 0.1) is 0 Å². The van der Waals surface area contributed by atoms with Crippen LogP contribution in [-0.2, 0) is 0 Å². The number of piperazine rings is 2. The lowest BCUT2D eigenvalue weighted by molar-refractivity contribution is 0.146. The first-order valence-corrected chi connectivity index (χ1v) is 7.01. The Morgan fingerprint density at radius 1 is 1.11 bits per heavy atom. The minimum absolute atomic E-state index is 0.689. The highest BCUT2D eigenvalue weighted by Crippen LogP contribution is 2.22. The van der Waals surface area contributed by atoms with E-state index in [1.165, 1.54) is 36.4 Å². The third kappa shape index (κ3) is 2.25. The first-order valence-electron chi connectivity index (χ1n) is 7.01. The van der Waals surface area contributed by atoms with Gasteiger partial charge in [0.2, 0.25) is 0 Å². The lowest BCUT2D eigenvalue weighted by atomic mass is 10.1. The molecule has 3 heteroatoms. The molecular formula is C15H23N3. The number of anilines is 1. The van der Waals surface area contributed by atoms with Gasteiger partial charge in [-0.2, -0.15) is 0 Å². The van der Waals surface area contributed by atoms with Crippen molar-refractivity contribution in [3.63, 3.8) is 0 Å². The molecule has 2 heterocycles. The second-order valence-corrected chi connectivity index (χ2v) is 5.61. The largest absolute Gasteiger partial charge is 0.369 e. The molecule has 1 unspecified atom stereocenters. The van der Waals surface area contributed by atoms with E-state index in [0.29, 0.717) is 6.04 Å². The van der Waals surface area contributed by atoms with E-state index in [0.717, 1.165) is 19.6 Å². The number of fused-ring (bicyclic) bond motifs is 1. The Balaban J connectivity index is 1.75. The van der Waals surface area contributed by atoms with Crippen molar-refractivity contribution in [3.05, 3.63) is 29.3 Å². The molecule has 0 radical (unpaired) electrons. The average Bonchev–Trinajstić information content (AvgIpc) is 2.41. The first-order chi connectivity index (χ1) is 8.74. The summed E-state index contributed by atoms with van der Waals surface area (Å²) in [7, 11) is 0. The molecule has 0 aromatic heterocycles. The van der Waals surface area contributed by atoms with Crippen molar-refractivity contribution in [1.82, 2.24) is 10.2 Å². The van der Waals surface area contributed by atoms with E-state index in [-0.39, 0.29) is 0 Å². The van der Waals surface area contributed by atoms with E-state index in [9.17, 15) is 0 Å². The average molecular weight is 245 g/mol. The summed E-state index contributed by atoms with van der Waals surface area (Å²) in [5, 5.41) is 3.51. The third-order valence-electron chi connectivity index (χ3n) is 4.42. The maximum Gasteiger partial charge on any atom is 0.0397 e. The van der Waals surface area contributed by atoms with Crippen molar-refractivity contribution >= 4 is 5.69 Å². The van der Waals surface area contributed by atoms with E-state index in [1.54, 1.807) is 0 Å². The summed E-state index contributed by atoms with van der Waals surface area (Å²) >= 11 is 0. The van der Waals surface area contributed by atoms with Crippen molar-refractivity contribution in [2.75, 3.05) is 44.2 Å². The van der Waals surface area contributed by atoms with E-state index in [4.69, 9.17) is 0 Å². The smallest absolute Gasteiger partial charge is 0.0397 e. The fraction of sp³-hybridized carbons (Fsp3) is 0.600. The molecule has 1 aromatic rings. The monoisotopic (exact) mass is 245 g/mol. The minimum atomic E-state index is 0.689. The van der Waals surface area contributed by atoms with Crippen molar-refractivity contribution in [1.29, 1.82) is 0 Å². The molecule has 2 aliphatic rings. The summed E-state index contributed by atoms with van der Waals surface area (Å²) < 4.78 is 0. The highest BCUT2D eigenvalue weighted by atomic mass is 15.3. The summed E-state index contributed by atoms with van der Waals surface area (Å²) in [5.74, 6) is 0. The number of rotatable bonds is 1. The second-order valence-electron chi connectivity index (χ2n) is 5.61. The minimum Gasteiger partial charge on any atom is -0.369 e. The van der Waals surface area contributed by atoms with Crippen LogP contribution in [-0.4, -0.2) is 50.2 Å². The first kappa shape index (κ1) is 12.0. The zero-order valence-corrected chi connectivity index (χ0v) is 11.4. The Kier molecular flexibility index (Phi) is 3.27. The van der Waals surface area contributed by atoms with Gasteiger partial charge < -0.3 is 10.2 Å². The Bertz CT molecular complexity index is 430. The Morgan fingerprint density at radius 2 is 2.00 bits per heavy atom. The fourth-order valence-electron chi connectivity index (χ4n) is 3.03. The molecule has 0 amide bonds. The molecule has 0 spiro atoms.